The molecule has 0 atom stereocenters. The van der Waals surface area contributed by atoms with Gasteiger partial charge in [0.2, 0.25) is 10.0 Å². The minimum absolute atomic E-state index is 0.0673. The third kappa shape index (κ3) is 6.50. The molecule has 0 unspecified atom stereocenters. The van der Waals surface area contributed by atoms with Crippen molar-refractivity contribution >= 4 is 32.5 Å². The number of anilines is 2. The molecule has 9 heteroatoms. The van der Waals surface area contributed by atoms with E-state index < -0.39 is 10.0 Å². The molecule has 4 rings (SSSR count). The fraction of sp³-hybridized carbons (Fsp3) is 0.345. The van der Waals surface area contributed by atoms with Crippen LogP contribution in [-0.4, -0.2) is 30.2 Å². The van der Waals surface area contributed by atoms with Crippen LogP contribution >= 0.6 is 0 Å². The number of sulfonamides is 1. The Balaban J connectivity index is 1.70. The summed E-state index contributed by atoms with van der Waals surface area (Å²) < 4.78 is 32.9. The maximum absolute atomic E-state index is 12.2. The zero-order valence-corrected chi connectivity index (χ0v) is 23.0. The SMILES string of the molecule is CCCS(=O)(=O)Nc1ccc(/C(C)=C(\C#N)c2ccc(Oc3nccc(C)n3)cc2NC2CCC2)c(C)c1. The molecule has 1 fully saturated rings. The summed E-state index contributed by atoms with van der Waals surface area (Å²) in [5, 5.41) is 13.8. The molecule has 38 heavy (non-hydrogen) atoms. The first-order valence-electron chi connectivity index (χ1n) is 12.8. The van der Waals surface area contributed by atoms with Gasteiger partial charge in [-0.15, -0.1) is 0 Å². The topological polar surface area (TPSA) is 117 Å². The molecule has 1 heterocycles. The molecule has 2 aromatic carbocycles. The Hall–Kier alpha value is -3.90. The predicted octanol–water partition coefficient (Wildman–Crippen LogP) is 6.46. The van der Waals surface area contributed by atoms with E-state index in [4.69, 9.17) is 4.74 Å². The summed E-state index contributed by atoms with van der Waals surface area (Å²) in [6, 6.07) is 15.8. The van der Waals surface area contributed by atoms with Gasteiger partial charge in [-0.1, -0.05) is 13.0 Å². The van der Waals surface area contributed by atoms with E-state index in [1.807, 2.05) is 52.0 Å². The molecule has 1 saturated carbocycles. The van der Waals surface area contributed by atoms with Crippen molar-refractivity contribution in [2.45, 2.75) is 59.4 Å². The Morgan fingerprint density at radius 1 is 1.13 bits per heavy atom. The highest BCUT2D eigenvalue weighted by atomic mass is 32.2. The molecule has 0 aliphatic heterocycles. The molecule has 0 amide bonds. The van der Waals surface area contributed by atoms with Gasteiger partial charge in [-0.05, 0) is 93.5 Å². The summed E-state index contributed by atoms with van der Waals surface area (Å²) in [4.78, 5) is 8.50. The van der Waals surface area contributed by atoms with Gasteiger partial charge in [0.05, 0.1) is 11.3 Å². The van der Waals surface area contributed by atoms with E-state index in [2.05, 4.69) is 26.1 Å². The van der Waals surface area contributed by atoms with E-state index in [0.29, 0.717) is 29.5 Å². The molecule has 0 spiro atoms. The number of nitrogens with zero attached hydrogens (tertiary/aromatic N) is 3. The van der Waals surface area contributed by atoms with E-state index in [-0.39, 0.29) is 11.8 Å². The van der Waals surface area contributed by atoms with E-state index in [9.17, 15) is 13.7 Å². The molecule has 1 aromatic heterocycles. The van der Waals surface area contributed by atoms with Crippen molar-refractivity contribution in [3.8, 4) is 17.8 Å². The normalized spacial score (nSPS) is 14.2. The highest BCUT2D eigenvalue weighted by Crippen LogP contribution is 2.37. The van der Waals surface area contributed by atoms with Crippen molar-refractivity contribution in [2.75, 3.05) is 15.8 Å². The van der Waals surface area contributed by atoms with E-state index in [0.717, 1.165) is 46.5 Å². The van der Waals surface area contributed by atoms with Crippen LogP contribution in [0.2, 0.25) is 0 Å². The van der Waals surface area contributed by atoms with Crippen LogP contribution in [0.3, 0.4) is 0 Å². The van der Waals surface area contributed by atoms with Crippen LogP contribution in [0.25, 0.3) is 11.1 Å². The number of hydrogen-bond donors (Lipinski definition) is 2. The predicted molar refractivity (Wildman–Crippen MR) is 152 cm³/mol. The number of aryl methyl sites for hydroxylation is 2. The second-order valence-electron chi connectivity index (χ2n) is 9.62. The molecule has 8 nitrogen and oxygen atoms in total. The number of nitrogens with one attached hydrogen (secondary N) is 2. The first-order chi connectivity index (χ1) is 18.2. The number of hydrogen-bond acceptors (Lipinski definition) is 7. The molecule has 1 aliphatic carbocycles. The van der Waals surface area contributed by atoms with Gasteiger partial charge in [0.15, 0.2) is 0 Å². The Morgan fingerprint density at radius 2 is 1.89 bits per heavy atom. The zero-order valence-electron chi connectivity index (χ0n) is 22.2. The van der Waals surface area contributed by atoms with Crippen molar-refractivity contribution in [2.24, 2.45) is 0 Å². The summed E-state index contributed by atoms with van der Waals surface area (Å²) in [7, 11) is -3.39. The summed E-state index contributed by atoms with van der Waals surface area (Å²) in [5.41, 5.74) is 6.01. The van der Waals surface area contributed by atoms with Crippen LogP contribution in [-0.2, 0) is 10.0 Å². The summed E-state index contributed by atoms with van der Waals surface area (Å²) in [6.45, 7) is 7.54. The van der Waals surface area contributed by atoms with Crippen LogP contribution in [0.15, 0.2) is 48.7 Å². The van der Waals surface area contributed by atoms with E-state index in [1.54, 1.807) is 24.4 Å². The molecule has 1 aliphatic rings. The number of allylic oxidation sites excluding steroid dienone is 2. The van der Waals surface area contributed by atoms with Gasteiger partial charge in [0.25, 0.3) is 0 Å². The molecular formula is C29H33N5O3S. The highest BCUT2D eigenvalue weighted by Gasteiger charge is 2.21. The van der Waals surface area contributed by atoms with Crippen molar-refractivity contribution in [3.05, 3.63) is 71.0 Å². The largest absolute Gasteiger partial charge is 0.424 e. The van der Waals surface area contributed by atoms with Crippen molar-refractivity contribution in [3.63, 3.8) is 0 Å². The average Bonchev–Trinajstić information content (AvgIpc) is 2.82. The fourth-order valence-electron chi connectivity index (χ4n) is 4.41. The summed E-state index contributed by atoms with van der Waals surface area (Å²) in [6.07, 6.45) is 5.52. The number of ether oxygens (including phenoxy) is 1. The Kier molecular flexibility index (Phi) is 8.32. The fourth-order valence-corrected chi connectivity index (χ4v) is 5.53. The maximum atomic E-state index is 12.2. The van der Waals surface area contributed by atoms with Crippen LogP contribution in [0.4, 0.5) is 11.4 Å². The van der Waals surface area contributed by atoms with Crippen LogP contribution in [0.1, 0.15) is 61.9 Å². The second kappa shape index (κ2) is 11.7. The lowest BCUT2D eigenvalue weighted by atomic mass is 9.90. The molecule has 0 saturated heterocycles. The standard InChI is InChI=1S/C29H33N5O3S/c1-5-15-38(35,36)34-23-9-11-25(19(2)16-23)21(4)27(18-30)26-12-10-24(17-28(26)33-22-7-6-8-22)37-29-31-14-13-20(3)32-29/h9-14,16-17,22,33-34H,5-8,15H2,1-4H3/b27-21+. The van der Waals surface area contributed by atoms with Crippen LogP contribution in [0, 0.1) is 25.2 Å². The minimum atomic E-state index is -3.39. The van der Waals surface area contributed by atoms with Crippen molar-refractivity contribution in [1.82, 2.24) is 9.97 Å². The first kappa shape index (κ1) is 27.1. The maximum Gasteiger partial charge on any atom is 0.322 e. The Bertz CT molecular complexity index is 1500. The smallest absolute Gasteiger partial charge is 0.322 e. The lowest BCUT2D eigenvalue weighted by Gasteiger charge is -2.29. The second-order valence-corrected chi connectivity index (χ2v) is 11.5. The summed E-state index contributed by atoms with van der Waals surface area (Å²) >= 11 is 0. The van der Waals surface area contributed by atoms with Crippen LogP contribution in [0.5, 0.6) is 11.8 Å². The molecule has 3 aromatic rings. The highest BCUT2D eigenvalue weighted by molar-refractivity contribution is 7.92. The lowest BCUT2D eigenvalue weighted by Crippen LogP contribution is -2.27. The third-order valence-corrected chi connectivity index (χ3v) is 8.06. The van der Waals surface area contributed by atoms with Crippen molar-refractivity contribution in [1.29, 1.82) is 5.26 Å². The van der Waals surface area contributed by atoms with Gasteiger partial charge in [-0.2, -0.15) is 5.26 Å². The van der Waals surface area contributed by atoms with Crippen molar-refractivity contribution < 1.29 is 13.2 Å². The summed E-state index contributed by atoms with van der Waals surface area (Å²) in [5.74, 6) is 0.647. The quantitative estimate of drug-likeness (QED) is 0.228. The van der Waals surface area contributed by atoms with Gasteiger partial charge in [0, 0.05) is 40.9 Å². The van der Waals surface area contributed by atoms with Gasteiger partial charge in [-0.25, -0.2) is 18.4 Å². The minimum Gasteiger partial charge on any atom is -0.424 e. The average molecular weight is 532 g/mol. The van der Waals surface area contributed by atoms with Gasteiger partial charge in [-0.3, -0.25) is 4.72 Å². The van der Waals surface area contributed by atoms with E-state index in [1.165, 1.54) is 6.42 Å². The lowest BCUT2D eigenvalue weighted by molar-refractivity contribution is 0.437. The van der Waals surface area contributed by atoms with Crippen LogP contribution < -0.4 is 14.8 Å². The molecule has 0 bridgehead atoms. The number of aromatic nitrogens is 2. The zero-order chi connectivity index (χ0) is 27.3. The Morgan fingerprint density at radius 3 is 2.53 bits per heavy atom. The number of nitriles is 1. The van der Waals surface area contributed by atoms with Gasteiger partial charge >= 0.3 is 6.01 Å². The molecule has 2 N–H and O–H groups in total. The monoisotopic (exact) mass is 531 g/mol. The molecule has 0 radical (unpaired) electrons. The molecular weight excluding hydrogens is 498 g/mol. The molecule has 198 valence electrons. The van der Waals surface area contributed by atoms with Gasteiger partial charge < -0.3 is 10.1 Å². The Labute approximate surface area is 224 Å². The number of benzene rings is 2. The number of rotatable bonds is 10. The third-order valence-electron chi connectivity index (χ3n) is 6.57. The van der Waals surface area contributed by atoms with Gasteiger partial charge in [0.1, 0.15) is 11.8 Å². The first-order valence-corrected chi connectivity index (χ1v) is 14.4. The van der Waals surface area contributed by atoms with E-state index >= 15 is 0 Å².